The van der Waals surface area contributed by atoms with Gasteiger partial charge in [-0.15, -0.1) is 0 Å². The van der Waals surface area contributed by atoms with E-state index in [0.29, 0.717) is 6.29 Å². The van der Waals surface area contributed by atoms with Gasteiger partial charge in [0.2, 0.25) is 11.6 Å². The van der Waals surface area contributed by atoms with Gasteiger partial charge in [0, 0.05) is 12.1 Å². The van der Waals surface area contributed by atoms with Crippen LogP contribution in [0.3, 0.4) is 0 Å². The third kappa shape index (κ3) is 3.10. The molecule has 8 heteroatoms. The van der Waals surface area contributed by atoms with Crippen molar-refractivity contribution in [3.63, 3.8) is 0 Å². The lowest BCUT2D eigenvalue weighted by Crippen LogP contribution is -2.04. The Morgan fingerprint density at radius 2 is 1.83 bits per heavy atom. The van der Waals surface area contributed by atoms with Crippen molar-refractivity contribution in [3.05, 3.63) is 35.4 Å². The van der Waals surface area contributed by atoms with Crippen molar-refractivity contribution >= 4 is 17.7 Å². The van der Waals surface area contributed by atoms with Gasteiger partial charge in [0.15, 0.2) is 23.5 Å². The lowest BCUT2D eigenvalue weighted by Gasteiger charge is -2.14. The van der Waals surface area contributed by atoms with Crippen molar-refractivity contribution in [2.24, 2.45) is 0 Å². The summed E-state index contributed by atoms with van der Waals surface area (Å²) in [5, 5.41) is 9.48. The molecule has 23 heavy (non-hydrogen) atoms. The van der Waals surface area contributed by atoms with Crippen LogP contribution in [0.1, 0.15) is 17.3 Å². The first-order valence-corrected chi connectivity index (χ1v) is 6.54. The number of nitrogens with two attached hydrogens (primary N) is 2. The molecule has 6 nitrogen and oxygen atoms in total. The highest BCUT2D eigenvalue weighted by molar-refractivity contribution is 5.82. The van der Waals surface area contributed by atoms with Gasteiger partial charge in [-0.25, -0.2) is 0 Å². The molecule has 2 aromatic rings. The van der Waals surface area contributed by atoms with Crippen LogP contribution in [0.5, 0.6) is 23.0 Å². The average Bonchev–Trinajstić information content (AvgIpc) is 2.51. The zero-order valence-electron chi connectivity index (χ0n) is 12.1. The molecule has 0 spiro atoms. The van der Waals surface area contributed by atoms with E-state index >= 15 is 0 Å². The number of rotatable bonds is 5. The van der Waals surface area contributed by atoms with Crippen LogP contribution >= 0.6 is 0 Å². The number of nitrogen functional groups attached to an aromatic ring is 2. The fraction of sp³-hybridized carbons (Fsp3) is 0.133. The topological polar surface area (TPSA) is 108 Å². The summed E-state index contributed by atoms with van der Waals surface area (Å²) in [6.45, 7) is 1.70. The first-order valence-electron chi connectivity index (χ1n) is 6.54. The first-order chi connectivity index (χ1) is 10.9. The number of phenols is 1. The number of carbonyl (C=O) groups excluding carboxylic acids is 1. The highest BCUT2D eigenvalue weighted by atomic mass is 19.2. The fourth-order valence-corrected chi connectivity index (χ4v) is 1.87. The standard InChI is InChI=1S/C15H14F2N2O4/c1-2-22-15-9(19)5-12(13(16)14(15)17)23-11-3-7(6-20)10(21)4-8(11)18/h3-6,21H,2,18-19H2,1H3. The Hall–Kier alpha value is -3.03. The Balaban J connectivity index is 2.47. The molecule has 5 N–H and O–H groups in total. The van der Waals surface area contributed by atoms with Crippen LogP contribution in [-0.4, -0.2) is 18.0 Å². The van der Waals surface area contributed by atoms with Crippen LogP contribution in [0.2, 0.25) is 0 Å². The predicted molar refractivity (Wildman–Crippen MR) is 79.9 cm³/mol. The van der Waals surface area contributed by atoms with E-state index in [1.807, 2.05) is 0 Å². The van der Waals surface area contributed by atoms with Crippen LogP contribution in [0.25, 0.3) is 0 Å². The lowest BCUT2D eigenvalue weighted by molar-refractivity contribution is 0.112. The van der Waals surface area contributed by atoms with Crippen LogP contribution in [0.4, 0.5) is 20.2 Å². The van der Waals surface area contributed by atoms with Crippen molar-refractivity contribution in [1.82, 2.24) is 0 Å². The molecule has 2 rings (SSSR count). The Morgan fingerprint density at radius 1 is 1.13 bits per heavy atom. The molecule has 0 unspecified atom stereocenters. The van der Waals surface area contributed by atoms with Crippen molar-refractivity contribution in [2.75, 3.05) is 18.1 Å². The van der Waals surface area contributed by atoms with Crippen LogP contribution in [0.15, 0.2) is 18.2 Å². The molecular weight excluding hydrogens is 310 g/mol. The van der Waals surface area contributed by atoms with Crippen molar-refractivity contribution in [3.8, 4) is 23.0 Å². The summed E-state index contributed by atoms with van der Waals surface area (Å²) in [4.78, 5) is 10.8. The maximum atomic E-state index is 14.0. The second kappa shape index (κ2) is 6.39. The number of anilines is 2. The monoisotopic (exact) mass is 324 g/mol. The lowest BCUT2D eigenvalue weighted by atomic mass is 10.2. The molecule has 2 aromatic carbocycles. The van der Waals surface area contributed by atoms with E-state index in [9.17, 15) is 18.7 Å². The second-order valence-electron chi connectivity index (χ2n) is 4.52. The molecule has 0 amide bonds. The summed E-state index contributed by atoms with van der Waals surface area (Å²) in [6.07, 6.45) is 0.366. The second-order valence-corrected chi connectivity index (χ2v) is 4.52. The highest BCUT2D eigenvalue weighted by Crippen LogP contribution is 2.38. The number of phenolic OH excluding ortho intramolecular Hbond substituents is 1. The Morgan fingerprint density at radius 3 is 2.43 bits per heavy atom. The Kier molecular flexibility index (Phi) is 4.54. The largest absolute Gasteiger partial charge is 0.507 e. The number of benzene rings is 2. The number of hydrogen-bond acceptors (Lipinski definition) is 6. The van der Waals surface area contributed by atoms with Crippen molar-refractivity contribution < 1.29 is 28.2 Å². The van der Waals surface area contributed by atoms with Crippen molar-refractivity contribution in [2.45, 2.75) is 6.92 Å². The third-order valence-corrected chi connectivity index (χ3v) is 2.95. The molecule has 0 aliphatic rings. The smallest absolute Gasteiger partial charge is 0.206 e. The molecule has 0 aliphatic carbocycles. The van der Waals surface area contributed by atoms with Gasteiger partial charge in [-0.2, -0.15) is 8.78 Å². The SMILES string of the molecule is CCOc1c(N)cc(Oc2cc(C=O)c(O)cc2N)c(F)c1F. The number of aldehydes is 1. The number of ether oxygens (including phenoxy) is 2. The molecule has 0 aliphatic heterocycles. The summed E-state index contributed by atoms with van der Waals surface area (Å²) in [5.41, 5.74) is 10.9. The molecule has 0 aromatic heterocycles. The van der Waals surface area contributed by atoms with Gasteiger partial charge in [0.05, 0.1) is 23.5 Å². The van der Waals surface area contributed by atoms with Crippen LogP contribution in [-0.2, 0) is 0 Å². The molecule has 0 radical (unpaired) electrons. The van der Waals surface area contributed by atoms with Crippen molar-refractivity contribution in [1.29, 1.82) is 0 Å². The van der Waals surface area contributed by atoms with E-state index in [1.165, 1.54) is 0 Å². The minimum absolute atomic E-state index is 0.0691. The summed E-state index contributed by atoms with van der Waals surface area (Å²) in [5.74, 6) is -4.05. The van der Waals surface area contributed by atoms with E-state index in [-0.39, 0.29) is 35.0 Å². The maximum Gasteiger partial charge on any atom is 0.206 e. The van der Waals surface area contributed by atoms with E-state index in [0.717, 1.165) is 18.2 Å². The molecule has 0 fully saturated rings. The molecule has 0 atom stereocenters. The van der Waals surface area contributed by atoms with Crippen LogP contribution in [0, 0.1) is 11.6 Å². The van der Waals surface area contributed by atoms with E-state index in [4.69, 9.17) is 20.9 Å². The van der Waals surface area contributed by atoms with Gasteiger partial charge >= 0.3 is 0 Å². The fourth-order valence-electron chi connectivity index (χ4n) is 1.87. The molecule has 0 saturated carbocycles. The van der Waals surface area contributed by atoms with E-state index < -0.39 is 23.1 Å². The van der Waals surface area contributed by atoms with Gasteiger partial charge in [0.1, 0.15) is 5.75 Å². The minimum atomic E-state index is -1.32. The number of aromatic hydroxyl groups is 1. The van der Waals surface area contributed by atoms with Gasteiger partial charge in [-0.05, 0) is 13.0 Å². The summed E-state index contributed by atoms with van der Waals surface area (Å²) >= 11 is 0. The third-order valence-electron chi connectivity index (χ3n) is 2.95. The number of carbonyl (C=O) groups is 1. The van der Waals surface area contributed by atoms with Gasteiger partial charge in [-0.3, -0.25) is 4.79 Å². The Labute approximate surface area is 130 Å². The highest BCUT2D eigenvalue weighted by Gasteiger charge is 2.21. The normalized spacial score (nSPS) is 10.4. The minimum Gasteiger partial charge on any atom is -0.507 e. The molecular formula is C15H14F2N2O4. The van der Waals surface area contributed by atoms with Gasteiger partial charge < -0.3 is 26.0 Å². The summed E-state index contributed by atoms with van der Waals surface area (Å²) in [6, 6.07) is 3.20. The molecule has 0 saturated heterocycles. The predicted octanol–water partition coefficient (Wildman–Crippen LogP) is 2.84. The molecule has 0 bridgehead atoms. The Bertz CT molecular complexity index is 766. The maximum absolute atomic E-state index is 14.0. The quantitative estimate of drug-likeness (QED) is 0.576. The summed E-state index contributed by atoms with van der Waals surface area (Å²) < 4.78 is 38.1. The average molecular weight is 324 g/mol. The number of halogens is 2. The summed E-state index contributed by atoms with van der Waals surface area (Å²) in [7, 11) is 0. The molecule has 122 valence electrons. The number of hydrogen-bond donors (Lipinski definition) is 3. The zero-order valence-corrected chi connectivity index (χ0v) is 12.1. The van der Waals surface area contributed by atoms with Gasteiger partial charge in [-0.1, -0.05) is 0 Å². The van der Waals surface area contributed by atoms with E-state index in [1.54, 1.807) is 6.92 Å². The van der Waals surface area contributed by atoms with Crippen LogP contribution < -0.4 is 20.9 Å². The van der Waals surface area contributed by atoms with Gasteiger partial charge in [0.25, 0.3) is 0 Å². The molecule has 0 heterocycles. The first kappa shape index (κ1) is 16.3. The van der Waals surface area contributed by atoms with E-state index in [2.05, 4.69) is 0 Å². The zero-order chi connectivity index (χ0) is 17.1.